The zero-order chi connectivity index (χ0) is 12.3. The van der Waals surface area contributed by atoms with Crippen LogP contribution in [0.25, 0.3) is 0 Å². The molecule has 7 heteroatoms. The van der Waals surface area contributed by atoms with Crippen LogP contribution in [0.1, 0.15) is 30.4 Å². The lowest BCUT2D eigenvalue weighted by Gasteiger charge is -2.10. The zero-order valence-corrected chi connectivity index (χ0v) is 9.10. The predicted molar refractivity (Wildman–Crippen MR) is 57.0 cm³/mol. The molecule has 7 nitrogen and oxygen atoms in total. The van der Waals surface area contributed by atoms with Crippen LogP contribution in [-0.4, -0.2) is 33.3 Å². The fourth-order valence-corrected chi connectivity index (χ4v) is 1.21. The molecular weight excluding hydrogens is 212 g/mol. The summed E-state index contributed by atoms with van der Waals surface area (Å²) in [6.45, 7) is 3.92. The van der Waals surface area contributed by atoms with Crippen LogP contribution in [0.2, 0.25) is 0 Å². The molecule has 4 N–H and O–H groups in total. The van der Waals surface area contributed by atoms with Crippen molar-refractivity contribution in [2.45, 2.75) is 19.9 Å². The van der Waals surface area contributed by atoms with Gasteiger partial charge in [0.2, 0.25) is 5.91 Å². The molecule has 1 rings (SSSR count). The zero-order valence-electron chi connectivity index (χ0n) is 9.10. The van der Waals surface area contributed by atoms with E-state index in [1.807, 2.05) is 0 Å². The van der Waals surface area contributed by atoms with Crippen LogP contribution < -0.4 is 11.1 Å². The molecule has 0 saturated carbocycles. The van der Waals surface area contributed by atoms with Gasteiger partial charge in [0.05, 0.1) is 5.69 Å². The van der Waals surface area contributed by atoms with Crippen molar-refractivity contribution in [1.82, 2.24) is 15.1 Å². The number of nitrogen functional groups attached to an aromatic ring is 1. The molecule has 1 atom stereocenters. The molecule has 0 bridgehead atoms. The van der Waals surface area contributed by atoms with Gasteiger partial charge < -0.3 is 16.2 Å². The molecule has 0 aliphatic heterocycles. The molecule has 1 unspecified atom stereocenters. The second kappa shape index (κ2) is 4.65. The third-order valence-electron chi connectivity index (χ3n) is 2.09. The van der Waals surface area contributed by atoms with Crippen LogP contribution in [0.3, 0.4) is 0 Å². The van der Waals surface area contributed by atoms with Crippen LogP contribution in [0, 0.1) is 0 Å². The Kier molecular flexibility index (Phi) is 3.49. The molecule has 88 valence electrons. The highest BCUT2D eigenvalue weighted by molar-refractivity contribution is 5.91. The molecule has 1 aromatic rings. The number of likely N-dealkylation sites (N-methyl/N-ethyl adjacent to an activating group) is 1. The summed E-state index contributed by atoms with van der Waals surface area (Å²) in [5.74, 6) is -1.44. The predicted octanol–water partition coefficient (Wildman–Crippen LogP) is -0.139. The molecular formula is C9H14N4O3. The summed E-state index contributed by atoms with van der Waals surface area (Å²) in [7, 11) is 0. The van der Waals surface area contributed by atoms with E-state index in [9.17, 15) is 9.59 Å². The lowest BCUT2D eigenvalue weighted by atomic mass is 10.3. The summed E-state index contributed by atoms with van der Waals surface area (Å²) in [5, 5.41) is 15.1. The Balaban J connectivity index is 2.92. The van der Waals surface area contributed by atoms with E-state index in [2.05, 4.69) is 10.4 Å². The van der Waals surface area contributed by atoms with Crippen molar-refractivity contribution < 1.29 is 14.7 Å². The van der Waals surface area contributed by atoms with Gasteiger partial charge in [-0.2, -0.15) is 5.10 Å². The third kappa shape index (κ3) is 2.30. The van der Waals surface area contributed by atoms with Gasteiger partial charge in [-0.15, -0.1) is 0 Å². The molecule has 1 amide bonds. The number of carboxylic acid groups (broad SMARTS) is 1. The van der Waals surface area contributed by atoms with Crippen molar-refractivity contribution in [2.24, 2.45) is 0 Å². The first-order valence-corrected chi connectivity index (χ1v) is 4.83. The smallest absolute Gasteiger partial charge is 0.358 e. The minimum Gasteiger partial charge on any atom is -0.476 e. The van der Waals surface area contributed by atoms with Gasteiger partial charge in [-0.1, -0.05) is 0 Å². The number of aromatic carboxylic acids is 1. The number of aromatic nitrogens is 2. The Morgan fingerprint density at radius 1 is 1.69 bits per heavy atom. The molecule has 1 aromatic heterocycles. The number of carboxylic acids is 1. The maximum absolute atomic E-state index is 11.5. The Morgan fingerprint density at radius 2 is 2.31 bits per heavy atom. The maximum atomic E-state index is 11.5. The van der Waals surface area contributed by atoms with Crippen molar-refractivity contribution in [3.05, 3.63) is 11.9 Å². The number of nitrogens with zero attached hydrogens (tertiary/aromatic N) is 2. The lowest BCUT2D eigenvalue weighted by molar-refractivity contribution is -0.124. The van der Waals surface area contributed by atoms with Gasteiger partial charge in [0.15, 0.2) is 5.69 Å². The fourth-order valence-electron chi connectivity index (χ4n) is 1.21. The number of hydrogen-bond acceptors (Lipinski definition) is 4. The molecule has 0 saturated heterocycles. The highest BCUT2D eigenvalue weighted by Gasteiger charge is 2.19. The van der Waals surface area contributed by atoms with E-state index in [-0.39, 0.29) is 17.3 Å². The van der Waals surface area contributed by atoms with E-state index in [4.69, 9.17) is 10.8 Å². The fraction of sp³-hybridized carbons (Fsp3) is 0.444. The van der Waals surface area contributed by atoms with E-state index in [0.29, 0.717) is 6.54 Å². The molecule has 16 heavy (non-hydrogen) atoms. The maximum Gasteiger partial charge on any atom is 0.358 e. The van der Waals surface area contributed by atoms with E-state index in [1.54, 1.807) is 13.8 Å². The van der Waals surface area contributed by atoms with Crippen molar-refractivity contribution >= 4 is 17.6 Å². The quantitative estimate of drug-likeness (QED) is 0.661. The normalized spacial score (nSPS) is 12.1. The summed E-state index contributed by atoms with van der Waals surface area (Å²) in [6.07, 6.45) is 1.34. The van der Waals surface area contributed by atoms with Crippen LogP contribution in [0.5, 0.6) is 0 Å². The lowest BCUT2D eigenvalue weighted by Crippen LogP contribution is -2.31. The highest BCUT2D eigenvalue weighted by Crippen LogP contribution is 2.13. The highest BCUT2D eigenvalue weighted by atomic mass is 16.4. The van der Waals surface area contributed by atoms with Crippen molar-refractivity contribution in [3.63, 3.8) is 0 Å². The van der Waals surface area contributed by atoms with Gasteiger partial charge >= 0.3 is 5.97 Å². The minimum atomic E-state index is -1.21. The van der Waals surface area contributed by atoms with Crippen LogP contribution >= 0.6 is 0 Å². The standard InChI is InChI=1S/C9H14N4O3/c1-3-11-8(14)5(2)13-4-6(10)7(12-13)9(15)16/h4-5H,3,10H2,1-2H3,(H,11,14)(H,15,16). The van der Waals surface area contributed by atoms with Gasteiger partial charge in [-0.3, -0.25) is 9.48 Å². The number of nitrogens with one attached hydrogen (secondary N) is 1. The Bertz CT molecular complexity index is 413. The van der Waals surface area contributed by atoms with Crippen LogP contribution in [0.15, 0.2) is 6.20 Å². The molecule has 0 aliphatic carbocycles. The van der Waals surface area contributed by atoms with E-state index in [0.717, 1.165) is 0 Å². The van der Waals surface area contributed by atoms with Crippen molar-refractivity contribution in [2.75, 3.05) is 12.3 Å². The van der Waals surface area contributed by atoms with Crippen LogP contribution in [0.4, 0.5) is 5.69 Å². The first-order chi connectivity index (χ1) is 7.47. The third-order valence-corrected chi connectivity index (χ3v) is 2.09. The van der Waals surface area contributed by atoms with Gasteiger partial charge in [0.25, 0.3) is 0 Å². The Labute approximate surface area is 92.2 Å². The van der Waals surface area contributed by atoms with E-state index < -0.39 is 12.0 Å². The van der Waals surface area contributed by atoms with E-state index in [1.165, 1.54) is 10.9 Å². The number of anilines is 1. The van der Waals surface area contributed by atoms with Gasteiger partial charge in [0, 0.05) is 12.7 Å². The summed E-state index contributed by atoms with van der Waals surface area (Å²) in [4.78, 5) is 22.2. The summed E-state index contributed by atoms with van der Waals surface area (Å²) >= 11 is 0. The van der Waals surface area contributed by atoms with Gasteiger partial charge in [0.1, 0.15) is 6.04 Å². The monoisotopic (exact) mass is 226 g/mol. The Morgan fingerprint density at radius 3 is 2.75 bits per heavy atom. The average molecular weight is 226 g/mol. The largest absolute Gasteiger partial charge is 0.476 e. The molecule has 0 spiro atoms. The second-order valence-corrected chi connectivity index (χ2v) is 3.29. The number of nitrogens with two attached hydrogens (primary N) is 1. The van der Waals surface area contributed by atoms with E-state index >= 15 is 0 Å². The van der Waals surface area contributed by atoms with Crippen molar-refractivity contribution in [1.29, 1.82) is 0 Å². The number of amides is 1. The molecule has 0 radical (unpaired) electrons. The number of hydrogen-bond donors (Lipinski definition) is 3. The Hall–Kier alpha value is -2.05. The topological polar surface area (TPSA) is 110 Å². The second-order valence-electron chi connectivity index (χ2n) is 3.29. The van der Waals surface area contributed by atoms with Gasteiger partial charge in [-0.05, 0) is 13.8 Å². The summed E-state index contributed by atoms with van der Waals surface area (Å²) in [6, 6.07) is -0.588. The SMILES string of the molecule is CCNC(=O)C(C)n1cc(N)c(C(=O)O)n1. The van der Waals surface area contributed by atoms with Crippen LogP contribution in [-0.2, 0) is 4.79 Å². The first kappa shape index (κ1) is 12.0. The number of carbonyl (C=O) groups excluding carboxylic acids is 1. The van der Waals surface area contributed by atoms with Gasteiger partial charge in [-0.25, -0.2) is 4.79 Å². The molecule has 0 fully saturated rings. The molecule has 1 heterocycles. The average Bonchev–Trinajstić information content (AvgIpc) is 2.59. The summed E-state index contributed by atoms with van der Waals surface area (Å²) in [5.41, 5.74) is 5.26. The summed E-state index contributed by atoms with van der Waals surface area (Å²) < 4.78 is 1.24. The van der Waals surface area contributed by atoms with Crippen molar-refractivity contribution in [3.8, 4) is 0 Å². The number of rotatable bonds is 4. The number of carbonyl (C=O) groups is 2. The molecule has 0 aromatic carbocycles. The molecule has 0 aliphatic rings. The minimum absolute atomic E-state index is 0.0450. The first-order valence-electron chi connectivity index (χ1n) is 4.83.